The zero-order chi connectivity index (χ0) is 18.2. The summed E-state index contributed by atoms with van der Waals surface area (Å²) < 4.78 is 5.68. The smallest absolute Gasteiger partial charge is 0.271 e. The van der Waals surface area contributed by atoms with Crippen LogP contribution in [0.1, 0.15) is 26.6 Å². The van der Waals surface area contributed by atoms with Gasteiger partial charge in [0.1, 0.15) is 23.1 Å². The number of carbonyl (C=O) groups excluding carboxylic acids is 1. The molecule has 1 aromatic heterocycles. The van der Waals surface area contributed by atoms with Gasteiger partial charge in [-0.15, -0.1) is 11.3 Å². The maximum absolute atomic E-state index is 12.1. The van der Waals surface area contributed by atoms with Crippen LogP contribution in [0.5, 0.6) is 5.75 Å². The molecule has 130 valence electrons. The fraction of sp³-hybridized carbons (Fsp3) is 0.143. The van der Waals surface area contributed by atoms with E-state index < -0.39 is 0 Å². The lowest BCUT2D eigenvalue weighted by atomic mass is 10.2. The Morgan fingerprint density at radius 1 is 1.15 bits per heavy atom. The summed E-state index contributed by atoms with van der Waals surface area (Å²) >= 11 is 1.40. The van der Waals surface area contributed by atoms with Crippen LogP contribution in [0.3, 0.4) is 0 Å². The Bertz CT molecular complexity index is 922. The largest absolute Gasteiger partial charge is 0.486 e. The Balaban J connectivity index is 1.48. The Kier molecular flexibility index (Phi) is 6.02. The minimum Gasteiger partial charge on any atom is -0.486 e. The van der Waals surface area contributed by atoms with Crippen molar-refractivity contribution in [3.8, 4) is 17.6 Å². The maximum atomic E-state index is 12.1. The van der Waals surface area contributed by atoms with E-state index in [0.717, 1.165) is 16.3 Å². The van der Waals surface area contributed by atoms with E-state index in [2.05, 4.69) is 22.1 Å². The van der Waals surface area contributed by atoms with E-state index in [1.54, 1.807) is 5.38 Å². The minimum atomic E-state index is -0.231. The number of nitrogens with zero attached hydrogens (tertiary/aromatic N) is 1. The van der Waals surface area contributed by atoms with Crippen molar-refractivity contribution in [3.05, 3.63) is 81.8 Å². The summed E-state index contributed by atoms with van der Waals surface area (Å²) in [4.78, 5) is 16.4. The van der Waals surface area contributed by atoms with Crippen molar-refractivity contribution >= 4 is 17.2 Å². The molecule has 0 bridgehead atoms. The normalized spacial score (nSPS) is 9.88. The lowest BCUT2D eigenvalue weighted by molar-refractivity contribution is 0.0954. The highest BCUT2D eigenvalue weighted by atomic mass is 32.1. The molecule has 0 aliphatic heterocycles. The molecule has 0 spiro atoms. The minimum absolute atomic E-state index is 0.231. The standard InChI is InChI=1S/C21H18N2O2S/c1-16-9-11-18(12-10-16)25-14-20-23-19(15-26-20)21(24)22-13-5-8-17-6-3-2-4-7-17/h2-4,6-7,9-12,15H,13-14H2,1H3,(H,22,24). The maximum Gasteiger partial charge on any atom is 0.271 e. The predicted molar refractivity (Wildman–Crippen MR) is 103 cm³/mol. The van der Waals surface area contributed by atoms with Crippen LogP contribution in [0.25, 0.3) is 0 Å². The lowest BCUT2D eigenvalue weighted by Gasteiger charge is -2.03. The summed E-state index contributed by atoms with van der Waals surface area (Å²) in [7, 11) is 0. The molecule has 0 aliphatic rings. The van der Waals surface area contributed by atoms with Crippen molar-refractivity contribution in [2.75, 3.05) is 6.54 Å². The summed E-state index contributed by atoms with van der Waals surface area (Å²) in [5.41, 5.74) is 2.49. The van der Waals surface area contributed by atoms with Crippen LogP contribution in [0.2, 0.25) is 0 Å². The summed E-state index contributed by atoms with van der Waals surface area (Å²) in [5, 5.41) is 5.24. The zero-order valence-electron chi connectivity index (χ0n) is 14.4. The molecule has 1 heterocycles. The third kappa shape index (κ3) is 5.20. The Morgan fingerprint density at radius 3 is 2.69 bits per heavy atom. The molecule has 0 saturated carbocycles. The van der Waals surface area contributed by atoms with Gasteiger partial charge >= 0.3 is 0 Å². The number of hydrogen-bond acceptors (Lipinski definition) is 4. The molecule has 2 aromatic carbocycles. The predicted octanol–water partition coefficient (Wildman–Crippen LogP) is 3.81. The molecule has 26 heavy (non-hydrogen) atoms. The van der Waals surface area contributed by atoms with Gasteiger partial charge in [0, 0.05) is 10.9 Å². The number of aromatic nitrogens is 1. The number of amides is 1. The molecule has 0 aliphatic carbocycles. The van der Waals surface area contributed by atoms with E-state index in [9.17, 15) is 4.79 Å². The molecule has 5 heteroatoms. The number of benzene rings is 2. The van der Waals surface area contributed by atoms with E-state index >= 15 is 0 Å². The number of aryl methyl sites for hydroxylation is 1. The number of ether oxygens (including phenoxy) is 1. The summed E-state index contributed by atoms with van der Waals surface area (Å²) in [6.07, 6.45) is 0. The molecular weight excluding hydrogens is 344 g/mol. The van der Waals surface area contributed by atoms with Crippen molar-refractivity contribution in [3.63, 3.8) is 0 Å². The van der Waals surface area contributed by atoms with Gasteiger partial charge in [-0.2, -0.15) is 0 Å². The average Bonchev–Trinajstić information content (AvgIpc) is 3.15. The van der Waals surface area contributed by atoms with Crippen LogP contribution in [0, 0.1) is 18.8 Å². The van der Waals surface area contributed by atoms with Gasteiger partial charge in [-0.1, -0.05) is 47.7 Å². The van der Waals surface area contributed by atoms with E-state index in [0.29, 0.717) is 12.3 Å². The third-order valence-electron chi connectivity index (χ3n) is 3.51. The number of thiazole rings is 1. The summed E-state index contributed by atoms with van der Waals surface area (Å²) in [6.45, 7) is 2.65. The number of hydrogen-bond donors (Lipinski definition) is 1. The lowest BCUT2D eigenvalue weighted by Crippen LogP contribution is -2.24. The van der Waals surface area contributed by atoms with Crippen molar-refractivity contribution in [2.45, 2.75) is 13.5 Å². The van der Waals surface area contributed by atoms with Crippen LogP contribution in [0.4, 0.5) is 0 Å². The first kappa shape index (κ1) is 17.7. The van der Waals surface area contributed by atoms with Crippen LogP contribution < -0.4 is 10.1 Å². The van der Waals surface area contributed by atoms with Gasteiger partial charge in [-0.25, -0.2) is 4.98 Å². The molecule has 0 radical (unpaired) electrons. The monoisotopic (exact) mass is 362 g/mol. The first-order chi connectivity index (χ1) is 12.7. The molecule has 1 amide bonds. The topological polar surface area (TPSA) is 51.2 Å². The van der Waals surface area contributed by atoms with Crippen molar-refractivity contribution in [2.24, 2.45) is 0 Å². The Hall–Kier alpha value is -3.10. The quantitative estimate of drug-likeness (QED) is 0.702. The number of carbonyl (C=O) groups is 1. The van der Waals surface area contributed by atoms with Gasteiger partial charge in [-0.05, 0) is 31.2 Å². The molecule has 0 fully saturated rings. The van der Waals surface area contributed by atoms with Crippen molar-refractivity contribution in [1.82, 2.24) is 10.3 Å². The average molecular weight is 362 g/mol. The Morgan fingerprint density at radius 2 is 1.92 bits per heavy atom. The van der Waals surface area contributed by atoms with Crippen LogP contribution in [-0.4, -0.2) is 17.4 Å². The molecule has 0 atom stereocenters. The SMILES string of the molecule is Cc1ccc(OCc2nc(C(=O)NCC#Cc3ccccc3)cs2)cc1. The first-order valence-electron chi connectivity index (χ1n) is 8.17. The number of nitrogens with one attached hydrogen (secondary N) is 1. The van der Waals surface area contributed by atoms with Gasteiger partial charge in [-0.3, -0.25) is 4.79 Å². The van der Waals surface area contributed by atoms with Crippen LogP contribution in [0.15, 0.2) is 60.0 Å². The second kappa shape index (κ2) is 8.84. The zero-order valence-corrected chi connectivity index (χ0v) is 15.2. The van der Waals surface area contributed by atoms with E-state index in [-0.39, 0.29) is 12.5 Å². The molecule has 4 nitrogen and oxygen atoms in total. The van der Waals surface area contributed by atoms with Gasteiger partial charge in [0.15, 0.2) is 0 Å². The molecular formula is C21H18N2O2S. The van der Waals surface area contributed by atoms with Gasteiger partial charge in [0.05, 0.1) is 6.54 Å². The van der Waals surface area contributed by atoms with Crippen molar-refractivity contribution in [1.29, 1.82) is 0 Å². The highest BCUT2D eigenvalue weighted by molar-refractivity contribution is 7.09. The molecule has 3 rings (SSSR count). The molecule has 3 aromatic rings. The molecule has 0 unspecified atom stereocenters. The highest BCUT2D eigenvalue weighted by Gasteiger charge is 2.10. The van der Waals surface area contributed by atoms with Gasteiger partial charge < -0.3 is 10.1 Å². The fourth-order valence-electron chi connectivity index (χ4n) is 2.14. The molecule has 1 N–H and O–H groups in total. The molecule has 0 saturated heterocycles. The summed E-state index contributed by atoms with van der Waals surface area (Å²) in [5.74, 6) is 6.48. The second-order valence-corrected chi connectivity index (χ2v) is 6.52. The van der Waals surface area contributed by atoms with E-state index in [4.69, 9.17) is 4.74 Å². The fourth-order valence-corrected chi connectivity index (χ4v) is 2.83. The van der Waals surface area contributed by atoms with Crippen molar-refractivity contribution < 1.29 is 9.53 Å². The van der Waals surface area contributed by atoms with Crippen LogP contribution in [-0.2, 0) is 6.61 Å². The second-order valence-electron chi connectivity index (χ2n) is 5.58. The highest BCUT2D eigenvalue weighted by Crippen LogP contribution is 2.16. The van der Waals surface area contributed by atoms with E-state index in [1.165, 1.54) is 16.9 Å². The van der Waals surface area contributed by atoms with Gasteiger partial charge in [0.25, 0.3) is 5.91 Å². The summed E-state index contributed by atoms with van der Waals surface area (Å²) in [6, 6.07) is 17.5. The number of rotatable bonds is 5. The first-order valence-corrected chi connectivity index (χ1v) is 9.05. The van der Waals surface area contributed by atoms with Crippen LogP contribution >= 0.6 is 11.3 Å². The van der Waals surface area contributed by atoms with Gasteiger partial charge in [0.2, 0.25) is 0 Å². The Labute approximate surface area is 156 Å². The van der Waals surface area contributed by atoms with E-state index in [1.807, 2.05) is 61.5 Å². The third-order valence-corrected chi connectivity index (χ3v) is 4.33.